The number of carbonyl (C=O) groups excluding carboxylic acids is 2. The molecule has 2 aromatic heterocycles. The molecule has 0 amide bonds. The zero-order chi connectivity index (χ0) is 33.3. The normalized spacial score (nSPS) is 16.0. The molecule has 47 heavy (non-hydrogen) atoms. The third-order valence-electron chi connectivity index (χ3n) is 8.22. The average Bonchev–Trinajstić information content (AvgIpc) is 3.74. The summed E-state index contributed by atoms with van der Waals surface area (Å²) < 4.78 is 22.8. The molecule has 2 N–H and O–H groups in total. The van der Waals surface area contributed by atoms with E-state index in [2.05, 4.69) is 22.2 Å². The highest BCUT2D eigenvalue weighted by Crippen LogP contribution is 2.36. The van der Waals surface area contributed by atoms with E-state index in [-0.39, 0.29) is 18.4 Å². The standard InChI is InChI=1S/C35H37Cl2N3O6S/c1-40-15-7-10-24(40)21-45-35(42)33(22-8-5-4-6-9-22)39-18-25-12-14-32(47-25)34(41)46-30(17-26-27(36)19-38-20-28(26)37)23-11-13-29(43-2)31(16-23)44-3/h4-6,8-9,11-14,16,19-20,24,30,33,39H,7,10,15,17-18,21H2,1-3H3/p+1/t24-,30+,33?/m1/s1. The van der Waals surface area contributed by atoms with Gasteiger partial charge >= 0.3 is 11.9 Å². The Balaban J connectivity index is 1.30. The van der Waals surface area contributed by atoms with Gasteiger partial charge < -0.3 is 23.8 Å². The second-order valence-corrected chi connectivity index (χ2v) is 13.2. The first-order chi connectivity index (χ1) is 22.8. The maximum absolute atomic E-state index is 13.5. The number of benzene rings is 2. The van der Waals surface area contributed by atoms with Crippen molar-refractivity contribution < 1.29 is 33.5 Å². The first-order valence-corrected chi connectivity index (χ1v) is 16.9. The Kier molecular flexibility index (Phi) is 12.1. The Morgan fingerprint density at radius 3 is 2.43 bits per heavy atom. The summed E-state index contributed by atoms with van der Waals surface area (Å²) in [6.07, 6.45) is 4.85. The van der Waals surface area contributed by atoms with Gasteiger partial charge in [0.25, 0.3) is 0 Å². The highest BCUT2D eigenvalue weighted by Gasteiger charge is 2.28. The molecule has 2 aromatic carbocycles. The second kappa shape index (κ2) is 16.4. The molecule has 1 unspecified atom stereocenters. The summed E-state index contributed by atoms with van der Waals surface area (Å²) in [6.45, 7) is 1.71. The number of nitrogens with one attached hydrogen (secondary N) is 2. The van der Waals surface area contributed by atoms with Gasteiger partial charge in [0.05, 0.1) is 14.2 Å². The zero-order valence-corrected chi connectivity index (χ0v) is 28.8. The fraction of sp³-hybridized carbons (Fsp3) is 0.343. The van der Waals surface area contributed by atoms with Crippen LogP contribution in [0.15, 0.2) is 73.1 Å². The van der Waals surface area contributed by atoms with E-state index in [0.717, 1.165) is 29.8 Å². The van der Waals surface area contributed by atoms with Gasteiger partial charge in [0, 0.05) is 29.4 Å². The van der Waals surface area contributed by atoms with Crippen LogP contribution in [0.2, 0.25) is 10.0 Å². The molecule has 0 saturated carbocycles. The van der Waals surface area contributed by atoms with Gasteiger partial charge in [-0.2, -0.15) is 0 Å². The molecule has 0 bridgehead atoms. The topological polar surface area (TPSA) is 100 Å². The summed E-state index contributed by atoms with van der Waals surface area (Å²) in [4.78, 5) is 33.2. The zero-order valence-electron chi connectivity index (χ0n) is 26.5. The van der Waals surface area contributed by atoms with Gasteiger partial charge in [-0.1, -0.05) is 59.6 Å². The number of esters is 2. The van der Waals surface area contributed by atoms with Crippen molar-refractivity contribution in [2.24, 2.45) is 0 Å². The number of halogens is 2. The van der Waals surface area contributed by atoms with Crippen molar-refractivity contribution in [2.45, 2.75) is 44.0 Å². The Morgan fingerprint density at radius 1 is 1.00 bits per heavy atom. The van der Waals surface area contributed by atoms with E-state index in [9.17, 15) is 9.59 Å². The highest BCUT2D eigenvalue weighted by atomic mass is 35.5. The van der Waals surface area contributed by atoms with E-state index in [1.807, 2.05) is 42.5 Å². The van der Waals surface area contributed by atoms with Crippen molar-refractivity contribution in [1.29, 1.82) is 0 Å². The third-order valence-corrected chi connectivity index (χ3v) is 9.96. The second-order valence-electron chi connectivity index (χ2n) is 11.2. The molecule has 5 rings (SSSR count). The van der Waals surface area contributed by atoms with Crippen molar-refractivity contribution in [3.63, 3.8) is 0 Å². The number of carbonyl (C=O) groups is 2. The minimum atomic E-state index is -0.737. The van der Waals surface area contributed by atoms with Crippen molar-refractivity contribution in [1.82, 2.24) is 10.2 Å². The van der Waals surface area contributed by atoms with Gasteiger partial charge in [0.15, 0.2) is 23.9 Å². The van der Waals surface area contributed by atoms with Gasteiger partial charge in [-0.15, -0.1) is 11.3 Å². The molecule has 1 saturated heterocycles. The SMILES string of the molecule is COc1ccc([C@H](Cc2c(Cl)c[nH+]cc2Cl)OC(=O)c2ccc(CNC(C(=O)OC[C@H]3CCCN3C)c3ccccc3)s2)cc1OC. The quantitative estimate of drug-likeness (QED) is 0.149. The van der Waals surface area contributed by atoms with Crippen LogP contribution in [-0.4, -0.2) is 57.3 Å². The number of ether oxygens (including phenoxy) is 4. The van der Waals surface area contributed by atoms with Crippen LogP contribution in [0.3, 0.4) is 0 Å². The van der Waals surface area contributed by atoms with Crippen LogP contribution in [0.4, 0.5) is 0 Å². The summed E-state index contributed by atoms with van der Waals surface area (Å²) in [7, 11) is 5.15. The minimum absolute atomic E-state index is 0.227. The number of H-pyrrole nitrogens is 1. The lowest BCUT2D eigenvalue weighted by molar-refractivity contribution is -0.377. The number of rotatable bonds is 14. The lowest BCUT2D eigenvalue weighted by atomic mass is 10.0. The molecule has 4 aromatic rings. The summed E-state index contributed by atoms with van der Waals surface area (Å²) in [5.74, 6) is 0.207. The largest absolute Gasteiger partial charge is 0.493 e. The van der Waals surface area contributed by atoms with Crippen LogP contribution >= 0.6 is 34.5 Å². The van der Waals surface area contributed by atoms with E-state index in [0.29, 0.717) is 50.7 Å². The highest BCUT2D eigenvalue weighted by molar-refractivity contribution is 7.13. The van der Waals surface area contributed by atoms with Crippen LogP contribution in [0.1, 0.15) is 56.2 Å². The number of aromatic nitrogens is 1. The van der Waals surface area contributed by atoms with E-state index in [1.54, 1.807) is 44.8 Å². The number of likely N-dealkylation sites (tertiary alicyclic amines) is 1. The van der Waals surface area contributed by atoms with Gasteiger partial charge in [-0.3, -0.25) is 5.32 Å². The number of aromatic amines is 1. The van der Waals surface area contributed by atoms with Gasteiger partial charge in [-0.25, -0.2) is 14.6 Å². The number of likely N-dealkylation sites (N-methyl/N-ethyl adjacent to an activating group) is 1. The average molecular weight is 700 g/mol. The number of thiophene rings is 1. The van der Waals surface area contributed by atoms with Crippen LogP contribution in [-0.2, 0) is 27.2 Å². The van der Waals surface area contributed by atoms with E-state index < -0.39 is 18.1 Å². The Labute approximate surface area is 288 Å². The van der Waals surface area contributed by atoms with E-state index in [1.165, 1.54) is 11.3 Å². The van der Waals surface area contributed by atoms with Crippen molar-refractivity contribution in [3.8, 4) is 11.5 Å². The van der Waals surface area contributed by atoms with Gasteiger partial charge in [0.1, 0.15) is 33.7 Å². The molecule has 0 aliphatic carbocycles. The summed E-state index contributed by atoms with van der Waals surface area (Å²) >= 11 is 14.2. The molecule has 0 spiro atoms. The maximum atomic E-state index is 13.5. The number of pyridine rings is 1. The van der Waals surface area contributed by atoms with Crippen molar-refractivity contribution in [3.05, 3.63) is 110 Å². The van der Waals surface area contributed by atoms with Crippen LogP contribution in [0, 0.1) is 0 Å². The number of methoxy groups -OCH3 is 2. The Bertz CT molecular complexity index is 1650. The number of hydrogen-bond acceptors (Lipinski definition) is 9. The molecule has 248 valence electrons. The first kappa shape index (κ1) is 34.7. The Hall–Kier alpha value is -3.67. The fourth-order valence-electron chi connectivity index (χ4n) is 5.54. The van der Waals surface area contributed by atoms with Crippen LogP contribution < -0.4 is 19.8 Å². The molecular formula is C35H38Cl2N3O6S+. The summed E-state index contributed by atoms with van der Waals surface area (Å²) in [5, 5.41) is 4.18. The predicted molar refractivity (Wildman–Crippen MR) is 181 cm³/mol. The van der Waals surface area contributed by atoms with Gasteiger partial charge in [-0.05, 0) is 61.8 Å². The molecule has 12 heteroatoms. The lowest BCUT2D eigenvalue weighted by Crippen LogP contribution is -2.34. The molecule has 3 atom stereocenters. The smallest absolute Gasteiger partial charge is 0.348 e. The number of nitrogens with zero attached hydrogens (tertiary/aromatic N) is 1. The molecule has 0 radical (unpaired) electrons. The third kappa shape index (κ3) is 8.82. The van der Waals surface area contributed by atoms with Crippen molar-refractivity contribution in [2.75, 3.05) is 34.4 Å². The van der Waals surface area contributed by atoms with Crippen LogP contribution in [0.5, 0.6) is 11.5 Å². The maximum Gasteiger partial charge on any atom is 0.348 e. The number of hydrogen-bond donors (Lipinski definition) is 1. The van der Waals surface area contributed by atoms with Gasteiger partial charge in [0.2, 0.25) is 0 Å². The molecule has 9 nitrogen and oxygen atoms in total. The molecule has 3 heterocycles. The van der Waals surface area contributed by atoms with Crippen LogP contribution in [0.25, 0.3) is 0 Å². The Morgan fingerprint density at radius 2 is 1.74 bits per heavy atom. The molecule has 1 fully saturated rings. The lowest BCUT2D eigenvalue weighted by Gasteiger charge is -2.22. The summed E-state index contributed by atoms with van der Waals surface area (Å²) in [6, 6.07) is 18.0. The molecule has 1 aliphatic rings. The van der Waals surface area contributed by atoms with E-state index >= 15 is 0 Å². The minimum Gasteiger partial charge on any atom is -0.493 e. The first-order valence-electron chi connectivity index (χ1n) is 15.3. The monoisotopic (exact) mass is 698 g/mol. The summed E-state index contributed by atoms with van der Waals surface area (Å²) in [5.41, 5.74) is 2.12. The van der Waals surface area contributed by atoms with Crippen molar-refractivity contribution >= 4 is 46.5 Å². The molecule has 1 aliphatic heterocycles. The predicted octanol–water partition coefficient (Wildman–Crippen LogP) is 6.50. The molecular weight excluding hydrogens is 661 g/mol. The fourth-order valence-corrected chi connectivity index (χ4v) is 6.92. The van der Waals surface area contributed by atoms with E-state index in [4.69, 9.17) is 42.1 Å².